The van der Waals surface area contributed by atoms with Crippen molar-refractivity contribution in [2.75, 3.05) is 19.6 Å². The number of hydrogen-bond acceptors (Lipinski definition) is 6. The van der Waals surface area contributed by atoms with Crippen molar-refractivity contribution in [2.45, 2.75) is 19.8 Å². The zero-order chi connectivity index (χ0) is 12.7. The van der Waals surface area contributed by atoms with Crippen LogP contribution in [0.15, 0.2) is 12.4 Å². The van der Waals surface area contributed by atoms with E-state index in [0.717, 1.165) is 19.4 Å². The highest BCUT2D eigenvalue weighted by Crippen LogP contribution is 1.99. The van der Waals surface area contributed by atoms with Gasteiger partial charge in [-0.25, -0.2) is 10.1 Å². The van der Waals surface area contributed by atoms with E-state index in [-0.39, 0.29) is 18.9 Å². The Hall–Kier alpha value is -1.67. The van der Waals surface area contributed by atoms with Gasteiger partial charge in [-0.15, -0.1) is 0 Å². The van der Waals surface area contributed by atoms with E-state index in [2.05, 4.69) is 17.8 Å². The molecule has 2 N–H and O–H groups in total. The minimum Gasteiger partial charge on any atom is -0.310 e. The van der Waals surface area contributed by atoms with Crippen LogP contribution in [0.4, 0.5) is 0 Å². The van der Waals surface area contributed by atoms with Crippen molar-refractivity contribution < 1.29 is 9.83 Å². The maximum absolute atomic E-state index is 11.5. The van der Waals surface area contributed by atoms with Crippen LogP contribution in [0.3, 0.4) is 0 Å². The minimum atomic E-state index is -0.611. The molecule has 0 aromatic heterocycles. The van der Waals surface area contributed by atoms with Gasteiger partial charge in [0.15, 0.2) is 10.8 Å². The van der Waals surface area contributed by atoms with E-state index in [9.17, 15) is 14.9 Å². The molecule has 0 fully saturated rings. The van der Waals surface area contributed by atoms with Gasteiger partial charge >= 0.3 is 0 Å². The highest BCUT2D eigenvalue weighted by molar-refractivity contribution is 5.82. The van der Waals surface area contributed by atoms with Crippen molar-refractivity contribution in [1.29, 1.82) is 0 Å². The van der Waals surface area contributed by atoms with Gasteiger partial charge in [0.25, 0.3) is 0 Å². The quantitative estimate of drug-likeness (QED) is 0.342. The van der Waals surface area contributed by atoms with Gasteiger partial charge in [0.05, 0.1) is 13.1 Å². The molecule has 17 heavy (non-hydrogen) atoms. The van der Waals surface area contributed by atoms with Crippen LogP contribution < -0.4 is 10.9 Å². The molecular formula is C9H17N5O3. The normalized spacial score (nSPS) is 14.4. The second-order valence-electron chi connectivity index (χ2n) is 3.68. The Morgan fingerprint density at radius 3 is 2.88 bits per heavy atom. The lowest BCUT2D eigenvalue weighted by Crippen LogP contribution is -2.45. The summed E-state index contributed by atoms with van der Waals surface area (Å²) in [5, 5.41) is 14.8. The molecule has 0 saturated heterocycles. The Balaban J connectivity index is 2.16. The molecule has 0 aromatic carbocycles. The van der Waals surface area contributed by atoms with Gasteiger partial charge in [0.2, 0.25) is 0 Å². The van der Waals surface area contributed by atoms with E-state index in [1.165, 1.54) is 17.4 Å². The summed E-state index contributed by atoms with van der Waals surface area (Å²) in [5.74, 6) is -0.0246. The van der Waals surface area contributed by atoms with Crippen molar-refractivity contribution in [2.24, 2.45) is 0 Å². The molecule has 1 aliphatic heterocycles. The maximum Gasteiger partial charge on any atom is 0.182 e. The zero-order valence-electron chi connectivity index (χ0n) is 9.76. The van der Waals surface area contributed by atoms with E-state index < -0.39 is 5.03 Å². The molecule has 0 spiro atoms. The third-order valence-corrected chi connectivity index (χ3v) is 2.17. The molecule has 0 aromatic rings. The van der Waals surface area contributed by atoms with Crippen LogP contribution in [0.2, 0.25) is 0 Å². The number of nitro groups is 1. The number of ketones is 1. The highest BCUT2D eigenvalue weighted by Gasteiger charge is 2.21. The molecule has 0 amide bonds. The molecule has 0 radical (unpaired) electrons. The van der Waals surface area contributed by atoms with Crippen molar-refractivity contribution in [3.63, 3.8) is 0 Å². The van der Waals surface area contributed by atoms with Gasteiger partial charge in [-0.05, 0) is 18.1 Å². The molecule has 0 saturated carbocycles. The molecule has 1 aliphatic rings. The summed E-state index contributed by atoms with van der Waals surface area (Å²) in [6, 6.07) is 0. The average molecular weight is 243 g/mol. The van der Waals surface area contributed by atoms with Gasteiger partial charge in [-0.3, -0.25) is 9.80 Å². The second kappa shape index (κ2) is 6.81. The van der Waals surface area contributed by atoms with E-state index in [1.807, 2.05) is 0 Å². The van der Waals surface area contributed by atoms with Gasteiger partial charge in [0.1, 0.15) is 6.20 Å². The summed E-state index contributed by atoms with van der Waals surface area (Å²) in [4.78, 5) is 21.8. The van der Waals surface area contributed by atoms with Crippen LogP contribution in [0.5, 0.6) is 0 Å². The van der Waals surface area contributed by atoms with Crippen LogP contribution in [-0.2, 0) is 4.79 Å². The predicted molar refractivity (Wildman–Crippen MR) is 60.6 cm³/mol. The van der Waals surface area contributed by atoms with Crippen LogP contribution in [0, 0.1) is 10.1 Å². The number of carbonyl (C=O) groups is 1. The lowest BCUT2D eigenvalue weighted by atomic mass is 10.3. The largest absolute Gasteiger partial charge is 0.310 e. The lowest BCUT2D eigenvalue weighted by molar-refractivity contribution is -0.657. The SMILES string of the molecule is CCCCNCC(=O)CN1C=CN([N+](=O)[O-])N1. The molecule has 0 atom stereocenters. The summed E-state index contributed by atoms with van der Waals surface area (Å²) in [5.41, 5.74) is 2.43. The number of rotatable bonds is 8. The fourth-order valence-electron chi connectivity index (χ4n) is 1.30. The van der Waals surface area contributed by atoms with Gasteiger partial charge < -0.3 is 5.32 Å². The van der Waals surface area contributed by atoms with Crippen LogP contribution in [-0.4, -0.2) is 40.6 Å². The summed E-state index contributed by atoms with van der Waals surface area (Å²) >= 11 is 0. The first kappa shape index (κ1) is 13.4. The van der Waals surface area contributed by atoms with E-state index in [1.54, 1.807) is 0 Å². The third kappa shape index (κ3) is 4.79. The number of nitrogens with one attached hydrogen (secondary N) is 2. The van der Waals surface area contributed by atoms with Gasteiger partial charge in [0, 0.05) is 6.20 Å². The van der Waals surface area contributed by atoms with E-state index in [4.69, 9.17) is 0 Å². The molecule has 0 aliphatic carbocycles. The van der Waals surface area contributed by atoms with E-state index in [0.29, 0.717) is 5.12 Å². The molecule has 0 unspecified atom stereocenters. The summed E-state index contributed by atoms with van der Waals surface area (Å²) in [6.07, 6.45) is 4.81. The fourth-order valence-corrected chi connectivity index (χ4v) is 1.30. The molecule has 0 bridgehead atoms. The van der Waals surface area contributed by atoms with Gasteiger partial charge in [-0.1, -0.05) is 18.9 Å². The average Bonchev–Trinajstić information content (AvgIpc) is 2.73. The molecular weight excluding hydrogens is 226 g/mol. The standard InChI is InChI=1S/C9H17N5O3/c1-2-3-4-10-7-9(15)8-12-5-6-13(11-12)14(16)17/h5-6,10-11H,2-4,7-8H2,1H3. The predicted octanol–water partition coefficient (Wildman–Crippen LogP) is -0.355. The van der Waals surface area contributed by atoms with Crippen molar-refractivity contribution >= 4 is 5.78 Å². The van der Waals surface area contributed by atoms with Crippen molar-refractivity contribution in [1.82, 2.24) is 21.0 Å². The first-order valence-electron chi connectivity index (χ1n) is 5.50. The lowest BCUT2D eigenvalue weighted by Gasteiger charge is -2.15. The molecule has 1 heterocycles. The first-order valence-corrected chi connectivity index (χ1v) is 5.50. The summed E-state index contributed by atoms with van der Waals surface area (Å²) in [7, 11) is 0. The number of hydrazine groups is 3. The Morgan fingerprint density at radius 2 is 2.29 bits per heavy atom. The smallest absolute Gasteiger partial charge is 0.182 e. The zero-order valence-corrected chi connectivity index (χ0v) is 9.76. The number of carbonyl (C=O) groups excluding carboxylic acids is 1. The summed E-state index contributed by atoms with van der Waals surface area (Å²) in [6.45, 7) is 3.27. The second-order valence-corrected chi connectivity index (χ2v) is 3.68. The number of nitrogens with zero attached hydrogens (tertiary/aromatic N) is 3. The topological polar surface area (TPSA) is 90.8 Å². The Bertz CT molecular complexity index is 307. The maximum atomic E-state index is 11.5. The Morgan fingerprint density at radius 1 is 1.53 bits per heavy atom. The van der Waals surface area contributed by atoms with Crippen LogP contribution in [0.1, 0.15) is 19.8 Å². The molecule has 8 heteroatoms. The summed E-state index contributed by atoms with van der Waals surface area (Å²) < 4.78 is 0. The number of hydrogen-bond donors (Lipinski definition) is 2. The highest BCUT2D eigenvalue weighted by atomic mass is 16.7. The molecule has 1 rings (SSSR count). The number of Topliss-reactive ketones (excluding diaryl/α,β-unsaturated/α-hetero) is 1. The molecule has 96 valence electrons. The Kier molecular flexibility index (Phi) is 5.37. The Labute approximate surface area is 99.3 Å². The van der Waals surface area contributed by atoms with Crippen molar-refractivity contribution in [3.8, 4) is 0 Å². The van der Waals surface area contributed by atoms with Gasteiger partial charge in [-0.2, -0.15) is 0 Å². The van der Waals surface area contributed by atoms with Crippen LogP contribution in [0.25, 0.3) is 0 Å². The first-order chi connectivity index (χ1) is 8.13. The molecule has 8 nitrogen and oxygen atoms in total. The minimum absolute atomic E-state index is 0.0246. The third-order valence-electron chi connectivity index (χ3n) is 2.17. The number of unbranched alkanes of at least 4 members (excludes halogenated alkanes) is 1. The van der Waals surface area contributed by atoms with Crippen LogP contribution >= 0.6 is 0 Å². The van der Waals surface area contributed by atoms with Crippen molar-refractivity contribution in [3.05, 3.63) is 22.5 Å². The monoisotopic (exact) mass is 243 g/mol. The van der Waals surface area contributed by atoms with E-state index >= 15 is 0 Å². The fraction of sp³-hybridized carbons (Fsp3) is 0.667.